The van der Waals surface area contributed by atoms with Gasteiger partial charge in [0.15, 0.2) is 0 Å². The van der Waals surface area contributed by atoms with Crippen molar-refractivity contribution in [3.05, 3.63) is 23.9 Å². The number of nitrogens with two attached hydrogens (primary N) is 1. The standard InChI is InChI=1S/C16H29N3O/c1-5-10-18-14(16(6-2,7-3)20-4)12-13-9-8-11-19-15(13)17/h8-9,11,14,18H,5-7,10,12H2,1-4H3,(H2,17,19). The molecule has 0 aliphatic carbocycles. The lowest BCUT2D eigenvalue weighted by Gasteiger charge is -2.39. The quantitative estimate of drug-likeness (QED) is 0.729. The number of hydrogen-bond acceptors (Lipinski definition) is 4. The lowest BCUT2D eigenvalue weighted by Crippen LogP contribution is -2.53. The van der Waals surface area contributed by atoms with Crippen molar-refractivity contribution >= 4 is 5.82 Å². The van der Waals surface area contributed by atoms with Crippen LogP contribution in [0.15, 0.2) is 18.3 Å². The Bertz CT molecular complexity index is 383. The number of anilines is 1. The van der Waals surface area contributed by atoms with E-state index in [1.165, 1.54) is 0 Å². The molecule has 1 unspecified atom stereocenters. The van der Waals surface area contributed by atoms with Crippen molar-refractivity contribution < 1.29 is 4.74 Å². The highest BCUT2D eigenvalue weighted by atomic mass is 16.5. The Morgan fingerprint density at radius 3 is 2.55 bits per heavy atom. The van der Waals surface area contributed by atoms with E-state index in [9.17, 15) is 0 Å². The van der Waals surface area contributed by atoms with Crippen molar-refractivity contribution in [2.24, 2.45) is 0 Å². The fourth-order valence-electron chi connectivity index (χ4n) is 2.78. The molecule has 1 aromatic heterocycles. The van der Waals surface area contributed by atoms with Crippen LogP contribution in [0.5, 0.6) is 0 Å². The summed E-state index contributed by atoms with van der Waals surface area (Å²) in [6, 6.07) is 4.23. The van der Waals surface area contributed by atoms with E-state index >= 15 is 0 Å². The lowest BCUT2D eigenvalue weighted by atomic mass is 9.84. The molecule has 0 bridgehead atoms. The van der Waals surface area contributed by atoms with Crippen molar-refractivity contribution in [3.8, 4) is 0 Å². The van der Waals surface area contributed by atoms with Gasteiger partial charge in [-0.3, -0.25) is 0 Å². The predicted molar refractivity (Wildman–Crippen MR) is 84.8 cm³/mol. The van der Waals surface area contributed by atoms with Crippen LogP contribution >= 0.6 is 0 Å². The highest BCUT2D eigenvalue weighted by molar-refractivity contribution is 5.39. The fraction of sp³-hybridized carbons (Fsp3) is 0.688. The molecule has 0 saturated carbocycles. The van der Waals surface area contributed by atoms with Gasteiger partial charge in [0.25, 0.3) is 0 Å². The lowest BCUT2D eigenvalue weighted by molar-refractivity contribution is -0.0471. The molecule has 0 aliphatic heterocycles. The molecule has 1 rings (SSSR count). The van der Waals surface area contributed by atoms with Crippen molar-refractivity contribution in [2.45, 2.75) is 58.1 Å². The maximum atomic E-state index is 5.99. The number of aromatic nitrogens is 1. The predicted octanol–water partition coefficient (Wildman–Crippen LogP) is 2.78. The Balaban J connectivity index is 2.96. The van der Waals surface area contributed by atoms with Gasteiger partial charge < -0.3 is 15.8 Å². The van der Waals surface area contributed by atoms with Crippen LogP contribution in [0.3, 0.4) is 0 Å². The molecular weight excluding hydrogens is 250 g/mol. The molecule has 0 spiro atoms. The highest BCUT2D eigenvalue weighted by Crippen LogP contribution is 2.27. The zero-order valence-electron chi connectivity index (χ0n) is 13.3. The van der Waals surface area contributed by atoms with Gasteiger partial charge in [0, 0.05) is 19.3 Å². The molecule has 0 radical (unpaired) electrons. The summed E-state index contributed by atoms with van der Waals surface area (Å²) in [6.07, 6.45) is 5.63. The van der Waals surface area contributed by atoms with Crippen LogP contribution in [0.2, 0.25) is 0 Å². The normalized spacial score (nSPS) is 13.4. The molecule has 0 aliphatic rings. The maximum Gasteiger partial charge on any atom is 0.126 e. The Labute approximate surface area is 123 Å². The minimum atomic E-state index is -0.155. The monoisotopic (exact) mass is 279 g/mol. The summed E-state index contributed by atoms with van der Waals surface area (Å²) < 4.78 is 5.88. The Kier molecular flexibility index (Phi) is 6.96. The Morgan fingerprint density at radius 2 is 2.05 bits per heavy atom. The third kappa shape index (κ3) is 3.93. The van der Waals surface area contributed by atoms with Gasteiger partial charge in [-0.15, -0.1) is 0 Å². The molecule has 0 amide bonds. The largest absolute Gasteiger partial charge is 0.383 e. The number of pyridine rings is 1. The molecule has 0 fully saturated rings. The highest BCUT2D eigenvalue weighted by Gasteiger charge is 2.35. The number of rotatable bonds is 9. The second-order valence-corrected chi connectivity index (χ2v) is 5.23. The summed E-state index contributed by atoms with van der Waals surface area (Å²) >= 11 is 0. The molecule has 0 aromatic carbocycles. The van der Waals surface area contributed by atoms with Gasteiger partial charge in [-0.2, -0.15) is 0 Å². The van der Waals surface area contributed by atoms with Gasteiger partial charge >= 0.3 is 0 Å². The van der Waals surface area contributed by atoms with Crippen LogP contribution in [-0.2, 0) is 11.2 Å². The van der Waals surface area contributed by atoms with Crippen LogP contribution in [0.4, 0.5) is 5.82 Å². The number of hydrogen-bond donors (Lipinski definition) is 2. The SMILES string of the molecule is CCCNC(Cc1cccnc1N)C(CC)(CC)OC. The molecule has 20 heavy (non-hydrogen) atoms. The zero-order chi connectivity index (χ0) is 15.0. The third-order valence-corrected chi connectivity index (χ3v) is 4.23. The summed E-state index contributed by atoms with van der Waals surface area (Å²) in [4.78, 5) is 4.18. The molecule has 4 nitrogen and oxygen atoms in total. The van der Waals surface area contributed by atoms with E-state index < -0.39 is 0 Å². The van der Waals surface area contributed by atoms with Crippen molar-refractivity contribution in [1.82, 2.24) is 10.3 Å². The van der Waals surface area contributed by atoms with E-state index in [2.05, 4.69) is 37.1 Å². The van der Waals surface area contributed by atoms with Crippen molar-refractivity contribution in [1.29, 1.82) is 0 Å². The maximum absolute atomic E-state index is 5.99. The molecule has 0 saturated heterocycles. The molecule has 1 aromatic rings. The summed E-state index contributed by atoms with van der Waals surface area (Å²) in [5, 5.41) is 3.63. The molecule has 4 heteroatoms. The minimum Gasteiger partial charge on any atom is -0.383 e. The first-order valence-electron chi connectivity index (χ1n) is 7.61. The number of ether oxygens (including phenoxy) is 1. The summed E-state index contributed by atoms with van der Waals surface area (Å²) in [7, 11) is 1.81. The number of methoxy groups -OCH3 is 1. The summed E-state index contributed by atoms with van der Waals surface area (Å²) in [5.74, 6) is 0.619. The second kappa shape index (κ2) is 8.22. The first-order valence-corrected chi connectivity index (χ1v) is 7.61. The first-order chi connectivity index (χ1) is 9.63. The number of nitrogens with one attached hydrogen (secondary N) is 1. The minimum absolute atomic E-state index is 0.155. The zero-order valence-corrected chi connectivity index (χ0v) is 13.3. The van der Waals surface area contributed by atoms with Crippen LogP contribution in [0, 0.1) is 0 Å². The number of nitrogens with zero attached hydrogens (tertiary/aromatic N) is 1. The van der Waals surface area contributed by atoms with Gasteiger partial charge in [-0.25, -0.2) is 4.98 Å². The molecule has 3 N–H and O–H groups in total. The Morgan fingerprint density at radius 1 is 1.35 bits per heavy atom. The average Bonchev–Trinajstić information content (AvgIpc) is 2.48. The van der Waals surface area contributed by atoms with Gasteiger partial charge in [-0.1, -0.05) is 26.8 Å². The average molecular weight is 279 g/mol. The third-order valence-electron chi connectivity index (χ3n) is 4.23. The molecule has 1 atom stereocenters. The molecule has 1 heterocycles. The molecular formula is C16H29N3O. The van der Waals surface area contributed by atoms with Crippen LogP contribution < -0.4 is 11.1 Å². The Hall–Kier alpha value is -1.13. The number of nitrogen functional groups attached to an aromatic ring is 1. The van der Waals surface area contributed by atoms with E-state index in [0.717, 1.165) is 37.8 Å². The topological polar surface area (TPSA) is 60.2 Å². The van der Waals surface area contributed by atoms with Crippen molar-refractivity contribution in [2.75, 3.05) is 19.4 Å². The van der Waals surface area contributed by atoms with E-state index in [1.54, 1.807) is 13.3 Å². The van der Waals surface area contributed by atoms with Crippen LogP contribution in [0.1, 0.15) is 45.6 Å². The van der Waals surface area contributed by atoms with Gasteiger partial charge in [0.1, 0.15) is 5.82 Å². The van der Waals surface area contributed by atoms with Gasteiger partial charge in [-0.05, 0) is 43.9 Å². The van der Waals surface area contributed by atoms with Gasteiger partial charge in [0.2, 0.25) is 0 Å². The van der Waals surface area contributed by atoms with E-state index in [-0.39, 0.29) is 11.6 Å². The van der Waals surface area contributed by atoms with E-state index in [0.29, 0.717) is 5.82 Å². The first kappa shape index (κ1) is 16.9. The summed E-state index contributed by atoms with van der Waals surface area (Å²) in [5.41, 5.74) is 6.92. The van der Waals surface area contributed by atoms with Gasteiger partial charge in [0.05, 0.1) is 5.60 Å². The second-order valence-electron chi connectivity index (χ2n) is 5.23. The van der Waals surface area contributed by atoms with E-state index in [1.807, 2.05) is 6.07 Å². The fourth-order valence-corrected chi connectivity index (χ4v) is 2.78. The smallest absolute Gasteiger partial charge is 0.126 e. The van der Waals surface area contributed by atoms with E-state index in [4.69, 9.17) is 10.5 Å². The van der Waals surface area contributed by atoms with Crippen molar-refractivity contribution in [3.63, 3.8) is 0 Å². The van der Waals surface area contributed by atoms with Crippen LogP contribution in [-0.4, -0.2) is 30.3 Å². The van der Waals surface area contributed by atoms with Crippen LogP contribution in [0.25, 0.3) is 0 Å². The summed E-state index contributed by atoms with van der Waals surface area (Å²) in [6.45, 7) is 7.52. The molecule has 114 valence electrons.